The van der Waals surface area contributed by atoms with Crippen molar-refractivity contribution in [1.82, 2.24) is 0 Å². The molecule has 7 rings (SSSR count). The molecule has 0 radical (unpaired) electrons. The molecule has 252 valence electrons. The summed E-state index contributed by atoms with van der Waals surface area (Å²) < 4.78 is 29.0. The Balaban J connectivity index is 1.21. The van der Waals surface area contributed by atoms with Gasteiger partial charge >= 0.3 is 0 Å². The highest BCUT2D eigenvalue weighted by atomic mass is 31.1. The minimum absolute atomic E-state index is 0.0613. The summed E-state index contributed by atoms with van der Waals surface area (Å²) in [5, 5.41) is 0. The van der Waals surface area contributed by atoms with Crippen molar-refractivity contribution in [2.24, 2.45) is 0 Å². The van der Waals surface area contributed by atoms with E-state index in [0.29, 0.717) is 0 Å². The van der Waals surface area contributed by atoms with E-state index in [2.05, 4.69) is 0 Å². The highest BCUT2D eigenvalue weighted by Gasteiger charge is 2.64. The van der Waals surface area contributed by atoms with Crippen LogP contribution in [0.2, 0.25) is 0 Å². The van der Waals surface area contributed by atoms with Crippen molar-refractivity contribution in [1.29, 1.82) is 0 Å². The van der Waals surface area contributed by atoms with Crippen LogP contribution in [0.1, 0.15) is 167 Å². The third kappa shape index (κ3) is 7.47. The second-order valence-corrected chi connectivity index (χ2v) is 21.7. The van der Waals surface area contributed by atoms with E-state index in [1.54, 1.807) is 0 Å². The summed E-state index contributed by atoms with van der Waals surface area (Å²) >= 11 is 0. The lowest BCUT2D eigenvalue weighted by Crippen LogP contribution is -2.70. The van der Waals surface area contributed by atoms with Crippen LogP contribution < -0.4 is 0 Å². The average Bonchev–Trinajstić information content (AvgIpc) is 3.10. The summed E-state index contributed by atoms with van der Waals surface area (Å²) in [7, 11) is -0.123. The van der Waals surface area contributed by atoms with Crippen molar-refractivity contribution in [2.45, 2.75) is 213 Å². The van der Waals surface area contributed by atoms with Crippen LogP contribution in [0, 0.1) is 0 Å². The normalized spacial score (nSPS) is 37.8. The first-order valence-electron chi connectivity index (χ1n) is 19.9. The fraction of sp³-hybridized carbons (Fsp3) is 1.00. The van der Waals surface area contributed by atoms with Crippen molar-refractivity contribution in [3.05, 3.63) is 0 Å². The summed E-state index contributed by atoms with van der Waals surface area (Å²) in [5.41, 5.74) is 3.81. The van der Waals surface area contributed by atoms with Gasteiger partial charge in [-0.05, 0) is 112 Å². The molecule has 4 nitrogen and oxygen atoms in total. The van der Waals surface area contributed by atoms with Gasteiger partial charge in [0.2, 0.25) is 11.6 Å². The van der Waals surface area contributed by atoms with Gasteiger partial charge in [-0.2, -0.15) is 0 Å². The number of rotatable bonds is 8. The Morgan fingerprint density at radius 1 is 0.386 bits per heavy atom. The van der Waals surface area contributed by atoms with Gasteiger partial charge in [0.1, 0.15) is 0 Å². The SMILES string of the molecule is C1CCC(P(C[C@@H]2OC3(CCCCO3)[C@@]3(CCCCO3)O[C@H]2CP(C2CCCCC2)C2CCCCC2)C2CCCCC2)CC1. The van der Waals surface area contributed by atoms with Crippen molar-refractivity contribution in [2.75, 3.05) is 25.5 Å². The van der Waals surface area contributed by atoms with E-state index in [9.17, 15) is 0 Å². The highest BCUT2D eigenvalue weighted by Crippen LogP contribution is 2.61. The molecule has 4 aliphatic carbocycles. The summed E-state index contributed by atoms with van der Waals surface area (Å²) in [6.07, 6.45) is 38.8. The molecule has 1 unspecified atom stereocenters. The zero-order chi connectivity index (χ0) is 29.7. The van der Waals surface area contributed by atoms with E-state index in [1.807, 2.05) is 0 Å². The second kappa shape index (κ2) is 15.9. The molecule has 3 saturated heterocycles. The molecule has 4 saturated carbocycles. The monoisotopic (exact) mass is 648 g/mol. The molecule has 6 heteroatoms. The number of ether oxygens (including phenoxy) is 4. The Bertz CT molecular complexity index is 743. The molecule has 0 amide bonds. The van der Waals surface area contributed by atoms with Crippen molar-refractivity contribution >= 4 is 15.8 Å². The Labute approximate surface area is 273 Å². The van der Waals surface area contributed by atoms with Gasteiger partial charge in [0.25, 0.3) is 0 Å². The van der Waals surface area contributed by atoms with Crippen molar-refractivity contribution < 1.29 is 18.9 Å². The molecule has 0 aromatic carbocycles. The smallest absolute Gasteiger partial charge is 0.224 e. The molecule has 3 aliphatic heterocycles. The third-order valence-electron chi connectivity index (χ3n) is 13.1. The minimum Gasteiger partial charge on any atom is -0.345 e. The van der Waals surface area contributed by atoms with Crippen LogP contribution in [-0.4, -0.2) is 72.0 Å². The molecule has 44 heavy (non-hydrogen) atoms. The molecule has 7 fully saturated rings. The summed E-state index contributed by atoms with van der Waals surface area (Å²) in [5.74, 6) is -1.38. The zero-order valence-electron chi connectivity index (χ0n) is 28.2. The fourth-order valence-corrected chi connectivity index (χ4v) is 18.7. The van der Waals surface area contributed by atoms with E-state index in [-0.39, 0.29) is 28.1 Å². The Morgan fingerprint density at radius 2 is 0.705 bits per heavy atom. The van der Waals surface area contributed by atoms with Gasteiger partial charge in [-0.1, -0.05) is 92.9 Å². The third-order valence-corrected chi connectivity index (χ3v) is 20.5. The van der Waals surface area contributed by atoms with E-state index in [0.717, 1.165) is 61.5 Å². The molecule has 0 bridgehead atoms. The molecule has 7 aliphatic rings. The van der Waals surface area contributed by atoms with E-state index < -0.39 is 11.6 Å². The van der Waals surface area contributed by atoms with Crippen LogP contribution >= 0.6 is 15.8 Å². The van der Waals surface area contributed by atoms with Gasteiger partial charge in [0, 0.05) is 12.8 Å². The van der Waals surface area contributed by atoms with Gasteiger partial charge < -0.3 is 18.9 Å². The van der Waals surface area contributed by atoms with Crippen LogP contribution in [-0.2, 0) is 18.9 Å². The molecule has 0 aromatic heterocycles. The van der Waals surface area contributed by atoms with Gasteiger partial charge in [0.15, 0.2) is 0 Å². The Kier molecular flexibility index (Phi) is 12.0. The van der Waals surface area contributed by atoms with Gasteiger partial charge in [-0.15, -0.1) is 0 Å². The van der Waals surface area contributed by atoms with Crippen LogP contribution in [0.3, 0.4) is 0 Å². The minimum atomic E-state index is -0.689. The predicted octanol–water partition coefficient (Wildman–Crippen LogP) is 10.9. The molecule has 3 heterocycles. The highest BCUT2D eigenvalue weighted by molar-refractivity contribution is 7.59. The van der Waals surface area contributed by atoms with Gasteiger partial charge in [-0.25, -0.2) is 0 Å². The molecule has 0 N–H and O–H groups in total. The summed E-state index contributed by atoms with van der Waals surface area (Å²) in [6.45, 7) is 1.59. The van der Waals surface area contributed by atoms with E-state index in [1.165, 1.54) is 154 Å². The van der Waals surface area contributed by atoms with Crippen LogP contribution in [0.5, 0.6) is 0 Å². The zero-order valence-corrected chi connectivity index (χ0v) is 30.0. The lowest BCUT2D eigenvalue weighted by atomic mass is 9.88. The molecule has 4 atom stereocenters. The number of hydrogen-bond acceptors (Lipinski definition) is 4. The standard InChI is InChI=1S/C38H66O4P2/c1-5-17-31(18-6-1)43(32-19-7-2-8-20-32)29-35-36(30-44(33-21-9-3-10-22-33)34-23-11-4-12-24-34)42-38(26-14-16-28-40-38)37(41-35)25-13-15-27-39-37/h31-36H,1-30H2/t35-,36-,37+,38?/m0/s1. The van der Waals surface area contributed by atoms with E-state index in [4.69, 9.17) is 18.9 Å². The Morgan fingerprint density at radius 3 is 0.977 bits per heavy atom. The second-order valence-electron chi connectivity index (χ2n) is 16.0. The number of fused-ring (bicyclic) bond motifs is 1. The average molecular weight is 649 g/mol. The number of hydrogen-bond donors (Lipinski definition) is 0. The predicted molar refractivity (Wildman–Crippen MR) is 186 cm³/mol. The molecule has 2 spiro atoms. The Hall–Kier alpha value is 0.700. The largest absolute Gasteiger partial charge is 0.345 e. The molecule has 0 aromatic rings. The van der Waals surface area contributed by atoms with Crippen molar-refractivity contribution in [3.8, 4) is 0 Å². The lowest BCUT2D eigenvalue weighted by Gasteiger charge is -2.59. The summed E-state index contributed by atoms with van der Waals surface area (Å²) in [6, 6.07) is 0. The van der Waals surface area contributed by atoms with E-state index >= 15 is 0 Å². The maximum Gasteiger partial charge on any atom is 0.224 e. The first-order valence-corrected chi connectivity index (χ1v) is 23.2. The van der Waals surface area contributed by atoms with Crippen LogP contribution in [0.15, 0.2) is 0 Å². The topological polar surface area (TPSA) is 36.9 Å². The molecular formula is C38H66O4P2. The quantitative estimate of drug-likeness (QED) is 0.246. The van der Waals surface area contributed by atoms with Gasteiger partial charge in [0.05, 0.1) is 25.4 Å². The maximum atomic E-state index is 7.66. The lowest BCUT2D eigenvalue weighted by molar-refractivity contribution is -0.476. The summed E-state index contributed by atoms with van der Waals surface area (Å²) in [4.78, 5) is 0. The first kappa shape index (κ1) is 33.2. The van der Waals surface area contributed by atoms with Gasteiger partial charge in [-0.3, -0.25) is 0 Å². The van der Waals surface area contributed by atoms with Crippen LogP contribution in [0.4, 0.5) is 0 Å². The maximum absolute atomic E-state index is 7.66. The fourth-order valence-electron chi connectivity index (χ4n) is 10.7. The molecular weight excluding hydrogens is 582 g/mol. The van der Waals surface area contributed by atoms with Crippen molar-refractivity contribution in [3.63, 3.8) is 0 Å². The first-order chi connectivity index (χ1) is 21.8. The van der Waals surface area contributed by atoms with Crippen LogP contribution in [0.25, 0.3) is 0 Å².